The maximum absolute atomic E-state index is 11.4. The van der Waals surface area contributed by atoms with Gasteiger partial charge in [-0.05, 0) is 23.9 Å². The monoisotopic (exact) mass is 349 g/mol. The molecule has 0 spiro atoms. The van der Waals surface area contributed by atoms with E-state index in [1.807, 2.05) is 13.0 Å². The molecule has 128 valence electrons. The number of aliphatic carboxylic acids is 1. The first-order valence-corrected chi connectivity index (χ1v) is 8.42. The Morgan fingerprint density at radius 1 is 1.46 bits per heavy atom. The molecule has 8 nitrogen and oxygen atoms in total. The van der Waals surface area contributed by atoms with E-state index in [1.54, 1.807) is 6.07 Å². The molecule has 0 atom stereocenters. The third-order valence-corrected chi connectivity index (χ3v) is 4.33. The van der Waals surface area contributed by atoms with Crippen LogP contribution in [0, 0.1) is 0 Å². The first kappa shape index (κ1) is 16.6. The summed E-state index contributed by atoms with van der Waals surface area (Å²) in [6.07, 6.45) is 2.12. The van der Waals surface area contributed by atoms with Gasteiger partial charge in [0.2, 0.25) is 5.16 Å². The number of carboxylic acid groups (broad SMARTS) is 1. The highest BCUT2D eigenvalue weighted by Crippen LogP contribution is 2.27. The molecule has 1 N–H and O–H groups in total. The quantitative estimate of drug-likeness (QED) is 0.599. The van der Waals surface area contributed by atoms with Gasteiger partial charge in [-0.2, -0.15) is 0 Å². The van der Waals surface area contributed by atoms with Crippen LogP contribution in [-0.4, -0.2) is 47.5 Å². The van der Waals surface area contributed by atoms with Gasteiger partial charge in [0.1, 0.15) is 11.6 Å². The van der Waals surface area contributed by atoms with Gasteiger partial charge in [-0.25, -0.2) is 4.98 Å². The minimum Gasteiger partial charge on any atom is -0.544 e. The van der Waals surface area contributed by atoms with Crippen LogP contribution in [0.15, 0.2) is 26.6 Å². The Bertz CT molecular complexity index is 733. The third kappa shape index (κ3) is 3.98. The van der Waals surface area contributed by atoms with E-state index in [0.29, 0.717) is 42.3 Å². The van der Waals surface area contributed by atoms with Gasteiger partial charge >= 0.3 is 0 Å². The highest BCUT2D eigenvalue weighted by Gasteiger charge is 2.15. The molecule has 1 aliphatic rings. The summed E-state index contributed by atoms with van der Waals surface area (Å²) in [6.45, 7) is 4.72. The molecule has 9 heteroatoms. The van der Waals surface area contributed by atoms with E-state index in [1.165, 1.54) is 6.08 Å². The minimum absolute atomic E-state index is 0.0143. The number of aryl methyl sites for hydroxylation is 1. The van der Waals surface area contributed by atoms with Crippen molar-refractivity contribution >= 4 is 29.7 Å². The number of hydrogen-bond donors (Lipinski definition) is 1. The van der Waals surface area contributed by atoms with Crippen LogP contribution < -0.4 is 10.0 Å². The number of nitrogens with zero attached hydrogens (tertiary/aromatic N) is 3. The van der Waals surface area contributed by atoms with Crippen molar-refractivity contribution in [3.63, 3.8) is 0 Å². The zero-order valence-electron chi connectivity index (χ0n) is 13.2. The predicted molar refractivity (Wildman–Crippen MR) is 86.3 cm³/mol. The topological polar surface area (TPSA) is 107 Å². The lowest BCUT2D eigenvalue weighted by atomic mass is 10.4. The Kier molecular flexibility index (Phi) is 5.21. The smallest absolute Gasteiger partial charge is 0.213 e. The fourth-order valence-corrected chi connectivity index (χ4v) is 2.91. The molecule has 1 saturated heterocycles. The maximum Gasteiger partial charge on any atom is 0.213 e. The number of rotatable bonds is 6. The van der Waals surface area contributed by atoms with Crippen molar-refractivity contribution in [2.45, 2.75) is 18.5 Å². The van der Waals surface area contributed by atoms with Crippen LogP contribution >= 0.6 is 11.8 Å². The van der Waals surface area contributed by atoms with E-state index in [-0.39, 0.29) is 4.91 Å². The van der Waals surface area contributed by atoms with Gasteiger partial charge in [-0.3, -0.25) is 5.10 Å². The highest BCUT2D eigenvalue weighted by molar-refractivity contribution is 8.04. The highest BCUT2D eigenvalue weighted by atomic mass is 32.2. The van der Waals surface area contributed by atoms with Crippen molar-refractivity contribution in [3.8, 4) is 0 Å². The van der Waals surface area contributed by atoms with Gasteiger partial charge < -0.3 is 24.0 Å². The summed E-state index contributed by atoms with van der Waals surface area (Å²) in [6, 6.07) is 3.54. The number of aromatic amines is 1. The molecule has 0 radical (unpaired) electrons. The van der Waals surface area contributed by atoms with Crippen LogP contribution in [0.4, 0.5) is 5.88 Å². The van der Waals surface area contributed by atoms with Crippen molar-refractivity contribution in [2.75, 3.05) is 31.2 Å². The fourth-order valence-electron chi connectivity index (χ4n) is 2.21. The third-order valence-electron chi connectivity index (χ3n) is 3.46. The Hall–Kier alpha value is -2.26. The van der Waals surface area contributed by atoms with Crippen molar-refractivity contribution in [1.82, 2.24) is 15.2 Å². The average Bonchev–Trinajstić information content (AvgIpc) is 3.24. The zero-order chi connectivity index (χ0) is 16.9. The molecular formula is C15H17N4O4S-. The molecule has 0 aromatic carbocycles. The van der Waals surface area contributed by atoms with E-state index in [4.69, 9.17) is 9.15 Å². The molecule has 3 heterocycles. The minimum atomic E-state index is -1.30. The van der Waals surface area contributed by atoms with Gasteiger partial charge in [0.25, 0.3) is 0 Å². The second kappa shape index (κ2) is 7.54. The number of carbonyl (C=O) groups excluding carboxylic acids is 1. The number of morpholine rings is 1. The van der Waals surface area contributed by atoms with E-state index in [0.717, 1.165) is 24.9 Å². The summed E-state index contributed by atoms with van der Waals surface area (Å²) in [5.41, 5.74) is 0. The van der Waals surface area contributed by atoms with Gasteiger partial charge in [-0.15, -0.1) is 5.10 Å². The van der Waals surface area contributed by atoms with Crippen molar-refractivity contribution in [3.05, 3.63) is 28.6 Å². The predicted octanol–water partition coefficient (Wildman–Crippen LogP) is 0.680. The lowest BCUT2D eigenvalue weighted by Crippen LogP contribution is -2.35. The lowest BCUT2D eigenvalue weighted by molar-refractivity contribution is -0.298. The SMILES string of the molecule is CCc1nc(S/C(=C\c2ccc(N3CCOCC3)o2)C(=O)[O-])n[nH]1. The van der Waals surface area contributed by atoms with Crippen LogP contribution in [0.25, 0.3) is 6.08 Å². The number of thioether (sulfide) groups is 1. The van der Waals surface area contributed by atoms with Crippen molar-refractivity contribution in [1.29, 1.82) is 0 Å². The van der Waals surface area contributed by atoms with Gasteiger partial charge in [0, 0.05) is 30.5 Å². The second-order valence-electron chi connectivity index (χ2n) is 5.09. The average molecular weight is 349 g/mol. The number of furan rings is 1. The fraction of sp³-hybridized carbons (Fsp3) is 0.400. The van der Waals surface area contributed by atoms with Crippen molar-refractivity contribution in [2.24, 2.45) is 0 Å². The maximum atomic E-state index is 11.4. The zero-order valence-corrected chi connectivity index (χ0v) is 14.0. The number of carboxylic acids is 1. The molecule has 3 rings (SSSR count). The largest absolute Gasteiger partial charge is 0.544 e. The Morgan fingerprint density at radius 2 is 2.25 bits per heavy atom. The number of carbonyl (C=O) groups is 1. The first-order chi connectivity index (χ1) is 11.7. The van der Waals surface area contributed by atoms with E-state index >= 15 is 0 Å². The van der Waals surface area contributed by atoms with Crippen LogP contribution in [-0.2, 0) is 16.0 Å². The first-order valence-electron chi connectivity index (χ1n) is 7.60. The summed E-state index contributed by atoms with van der Waals surface area (Å²) in [5, 5.41) is 18.4. The number of aromatic nitrogens is 3. The summed E-state index contributed by atoms with van der Waals surface area (Å²) in [4.78, 5) is 17.6. The molecule has 1 aliphatic heterocycles. The number of hydrogen-bond acceptors (Lipinski definition) is 8. The van der Waals surface area contributed by atoms with Gasteiger partial charge in [0.05, 0.1) is 19.2 Å². The van der Waals surface area contributed by atoms with E-state index < -0.39 is 5.97 Å². The number of anilines is 1. The Labute approximate surface area is 142 Å². The number of H-pyrrole nitrogens is 1. The molecular weight excluding hydrogens is 332 g/mol. The standard InChI is InChI=1S/C15H18N4O4S/c1-2-12-16-15(18-17-12)24-11(14(20)21)9-10-3-4-13(23-10)19-5-7-22-8-6-19/h3-4,9H,2,5-8H2,1H3,(H,20,21)(H,16,17,18)/p-1/b11-9-. The molecule has 24 heavy (non-hydrogen) atoms. The summed E-state index contributed by atoms with van der Waals surface area (Å²) in [5.74, 6) is 0.530. The molecule has 1 fully saturated rings. The van der Waals surface area contributed by atoms with Crippen LogP contribution in [0.5, 0.6) is 0 Å². The van der Waals surface area contributed by atoms with Crippen LogP contribution in [0.1, 0.15) is 18.5 Å². The summed E-state index contributed by atoms with van der Waals surface area (Å²) >= 11 is 0.925. The van der Waals surface area contributed by atoms with Crippen LogP contribution in [0.3, 0.4) is 0 Å². The second-order valence-corrected chi connectivity index (χ2v) is 6.10. The summed E-state index contributed by atoms with van der Waals surface area (Å²) in [7, 11) is 0. The normalized spacial score (nSPS) is 15.7. The molecule has 2 aromatic rings. The Balaban J connectivity index is 1.75. The number of ether oxygens (including phenoxy) is 1. The number of nitrogens with one attached hydrogen (secondary N) is 1. The van der Waals surface area contributed by atoms with E-state index in [2.05, 4.69) is 20.1 Å². The molecule has 0 saturated carbocycles. The molecule has 2 aromatic heterocycles. The Morgan fingerprint density at radius 3 is 2.92 bits per heavy atom. The van der Waals surface area contributed by atoms with Gasteiger partial charge in [0.15, 0.2) is 5.88 Å². The molecule has 0 aliphatic carbocycles. The molecule has 0 unspecified atom stereocenters. The molecule has 0 amide bonds. The van der Waals surface area contributed by atoms with Gasteiger partial charge in [-0.1, -0.05) is 6.92 Å². The lowest BCUT2D eigenvalue weighted by Gasteiger charge is -2.26. The van der Waals surface area contributed by atoms with E-state index in [9.17, 15) is 9.90 Å². The summed E-state index contributed by atoms with van der Waals surface area (Å²) < 4.78 is 11.0. The molecule has 0 bridgehead atoms. The van der Waals surface area contributed by atoms with Crippen molar-refractivity contribution < 1.29 is 19.1 Å². The van der Waals surface area contributed by atoms with Crippen LogP contribution in [0.2, 0.25) is 0 Å².